The highest BCUT2D eigenvalue weighted by Gasteiger charge is 2.68. The van der Waals surface area contributed by atoms with Crippen molar-refractivity contribution in [2.75, 3.05) is 7.05 Å². The van der Waals surface area contributed by atoms with Crippen molar-refractivity contribution < 1.29 is 44.0 Å². The fraction of sp³-hybridized carbons (Fsp3) is 0.381. The van der Waals surface area contributed by atoms with Crippen molar-refractivity contribution in [3.05, 3.63) is 51.1 Å². The van der Waals surface area contributed by atoms with Gasteiger partial charge in [0.2, 0.25) is 5.78 Å². The van der Waals surface area contributed by atoms with Crippen LogP contribution in [0.5, 0.6) is 5.75 Å². The molecule has 7 N–H and O–H groups in total. The molecule has 1 fully saturated rings. The SMILES string of the molecule is [2H]C[C@@]1([2H])c2cccc(O)c2C(O)=C2C(=O)[C@]3(O)C(O)=C(C(N)=O)C(=O)[C@@]([2H])(N(C)N=O)[C@@H]3[C@@H](O)[C@@H]21. The fourth-order valence-corrected chi connectivity index (χ4v) is 4.89. The predicted molar refractivity (Wildman–Crippen MR) is 110 cm³/mol. The van der Waals surface area contributed by atoms with Crippen LogP contribution in [0.3, 0.4) is 0 Å². The summed E-state index contributed by atoms with van der Waals surface area (Å²) in [6.07, 6.45) is -2.34. The number of aromatic hydroxyl groups is 1. The summed E-state index contributed by atoms with van der Waals surface area (Å²) in [7, 11) is 0.784. The Morgan fingerprint density at radius 2 is 1.97 bits per heavy atom. The van der Waals surface area contributed by atoms with Crippen molar-refractivity contribution >= 4 is 23.2 Å². The third-order valence-electron chi connectivity index (χ3n) is 6.36. The molecule has 0 aliphatic heterocycles. The molecule has 174 valence electrons. The Kier molecular flexibility index (Phi) is 4.05. The number of likely N-dealkylation sites (N-methyl/N-ethyl adjacent to an activating group) is 1. The van der Waals surface area contributed by atoms with E-state index < -0.39 is 93.8 Å². The fourth-order valence-electron chi connectivity index (χ4n) is 4.89. The number of nitrogens with two attached hydrogens (primary N) is 1. The van der Waals surface area contributed by atoms with E-state index in [0.29, 0.717) is 0 Å². The van der Waals surface area contributed by atoms with Gasteiger partial charge in [-0.1, -0.05) is 19.0 Å². The molecule has 3 aliphatic rings. The van der Waals surface area contributed by atoms with Crippen LogP contribution in [0.25, 0.3) is 5.76 Å². The van der Waals surface area contributed by atoms with E-state index in [4.69, 9.17) is 9.85 Å². The number of carbonyl (C=O) groups excluding carboxylic acids is 3. The summed E-state index contributed by atoms with van der Waals surface area (Å²) in [6.45, 7) is -0.880. The number of aliphatic hydroxyl groups excluding tert-OH is 3. The molecule has 33 heavy (non-hydrogen) atoms. The third kappa shape index (κ3) is 2.61. The number of hydrogen-bond donors (Lipinski definition) is 6. The van der Waals surface area contributed by atoms with Gasteiger partial charge in [0, 0.05) is 21.3 Å². The minimum atomic E-state index is -3.48. The standard InChI is InChI=1S/C21H21N3O9/c1-6-7-4-3-5-8(25)10(7)15(26)11-9(6)16(27)13-14(24(2)23-33)17(28)12(20(22)31)19(30)21(13,32)18(11)29/h3-6,9,13-14,16,25-27,30,32H,1-2H3,(H2,22,31)/t6-,9+,13+,14-,16-,21-/m0/s1/i1D,6D,14D. The number of ketones is 2. The van der Waals surface area contributed by atoms with Crippen molar-refractivity contribution in [2.24, 2.45) is 22.9 Å². The van der Waals surface area contributed by atoms with E-state index >= 15 is 0 Å². The number of nitroso groups, excluding NO2 is 1. The first-order chi connectivity index (χ1) is 16.7. The van der Waals surface area contributed by atoms with E-state index in [2.05, 4.69) is 5.29 Å². The second-order valence-electron chi connectivity index (χ2n) is 7.94. The zero-order chi connectivity index (χ0) is 27.1. The first kappa shape index (κ1) is 18.8. The van der Waals surface area contributed by atoms with Gasteiger partial charge in [0.15, 0.2) is 11.4 Å². The quantitative estimate of drug-likeness (QED) is 0.193. The maximum atomic E-state index is 13.8. The molecule has 0 bridgehead atoms. The maximum Gasteiger partial charge on any atom is 0.255 e. The van der Waals surface area contributed by atoms with E-state index in [0.717, 1.165) is 13.1 Å². The highest BCUT2D eigenvalue weighted by atomic mass is 16.4. The molecular weight excluding hydrogens is 438 g/mol. The van der Waals surface area contributed by atoms with Crippen LogP contribution in [-0.2, 0) is 14.4 Å². The number of amides is 1. The summed E-state index contributed by atoms with van der Waals surface area (Å²) < 4.78 is 25.8. The number of Topliss-reactive ketones (excluding diaryl/α,β-unsaturated/α-hetero) is 2. The van der Waals surface area contributed by atoms with Crippen molar-refractivity contribution in [3.63, 3.8) is 0 Å². The summed E-state index contributed by atoms with van der Waals surface area (Å²) >= 11 is 0. The molecule has 0 spiro atoms. The Morgan fingerprint density at radius 1 is 1.30 bits per heavy atom. The van der Waals surface area contributed by atoms with Gasteiger partial charge in [-0.3, -0.25) is 19.4 Å². The lowest BCUT2D eigenvalue weighted by atomic mass is 9.54. The van der Waals surface area contributed by atoms with Gasteiger partial charge >= 0.3 is 0 Å². The lowest BCUT2D eigenvalue weighted by Gasteiger charge is -2.53. The van der Waals surface area contributed by atoms with Crippen molar-refractivity contribution in [2.45, 2.75) is 30.5 Å². The van der Waals surface area contributed by atoms with Gasteiger partial charge in [-0.05, 0) is 17.5 Å². The lowest BCUT2D eigenvalue weighted by Crippen LogP contribution is -2.70. The van der Waals surface area contributed by atoms with Crippen LogP contribution in [0.1, 0.15) is 28.0 Å². The molecule has 0 aromatic heterocycles. The van der Waals surface area contributed by atoms with Gasteiger partial charge in [0.05, 0.1) is 24.2 Å². The molecule has 0 saturated heterocycles. The first-order valence-corrected chi connectivity index (χ1v) is 9.53. The largest absolute Gasteiger partial charge is 0.508 e. The number of primary amides is 1. The number of hydrogen-bond acceptors (Lipinski definition) is 10. The average molecular weight is 462 g/mol. The molecule has 1 aromatic rings. The predicted octanol–water partition coefficient (Wildman–Crippen LogP) is -0.453. The van der Waals surface area contributed by atoms with E-state index in [-0.39, 0.29) is 10.6 Å². The van der Waals surface area contributed by atoms with Crippen LogP contribution >= 0.6 is 0 Å². The third-order valence-corrected chi connectivity index (χ3v) is 6.36. The maximum absolute atomic E-state index is 13.8. The van der Waals surface area contributed by atoms with Gasteiger partial charge < -0.3 is 31.3 Å². The molecule has 6 atom stereocenters. The Balaban J connectivity index is 2.17. The highest BCUT2D eigenvalue weighted by molar-refractivity contribution is 6.24. The molecule has 1 aromatic carbocycles. The number of carbonyl (C=O) groups is 3. The summed E-state index contributed by atoms with van der Waals surface area (Å²) in [6, 6.07) is 0.451. The van der Waals surface area contributed by atoms with Crippen molar-refractivity contribution in [3.8, 4) is 5.75 Å². The number of benzene rings is 1. The molecule has 0 unspecified atom stereocenters. The molecule has 1 amide bonds. The van der Waals surface area contributed by atoms with Crippen LogP contribution in [0.2, 0.25) is 0 Å². The second kappa shape index (κ2) is 7.12. The number of rotatable bonds is 3. The summed E-state index contributed by atoms with van der Waals surface area (Å²) in [5.41, 5.74) is -1.26. The molecule has 0 radical (unpaired) electrons. The van der Waals surface area contributed by atoms with Gasteiger partial charge in [0.1, 0.15) is 28.9 Å². The normalized spacial score (nSPS) is 39.0. The zero-order valence-electron chi connectivity index (χ0n) is 20.0. The minimum Gasteiger partial charge on any atom is -0.508 e. The highest BCUT2D eigenvalue weighted by Crippen LogP contribution is 2.56. The zero-order valence-corrected chi connectivity index (χ0v) is 17.0. The second-order valence-corrected chi connectivity index (χ2v) is 7.94. The van der Waals surface area contributed by atoms with Crippen LogP contribution in [-0.4, -0.2) is 72.8 Å². The van der Waals surface area contributed by atoms with Gasteiger partial charge in [-0.2, -0.15) is 0 Å². The van der Waals surface area contributed by atoms with Crippen molar-refractivity contribution in [1.29, 1.82) is 0 Å². The summed E-state index contributed by atoms with van der Waals surface area (Å²) in [5.74, 6) is -14.9. The number of nitrogens with zero attached hydrogens (tertiary/aromatic N) is 2. The molecule has 3 aliphatic carbocycles. The Morgan fingerprint density at radius 3 is 2.55 bits per heavy atom. The number of fused-ring (bicyclic) bond motifs is 3. The molecule has 0 heterocycles. The molecule has 1 saturated carbocycles. The number of phenolic OH excluding ortho intramolecular Hbond substituents is 1. The number of phenols is 1. The minimum absolute atomic E-state index is 0.111. The van der Waals surface area contributed by atoms with E-state index in [9.17, 15) is 44.8 Å². The summed E-state index contributed by atoms with van der Waals surface area (Å²) in [4.78, 5) is 50.4. The van der Waals surface area contributed by atoms with Crippen LogP contribution < -0.4 is 5.73 Å². The smallest absolute Gasteiger partial charge is 0.255 e. The van der Waals surface area contributed by atoms with Crippen LogP contribution in [0.4, 0.5) is 0 Å². The first-order valence-electron chi connectivity index (χ1n) is 11.2. The monoisotopic (exact) mass is 462 g/mol. The molecule has 4 rings (SSSR count). The van der Waals surface area contributed by atoms with Gasteiger partial charge in [-0.15, -0.1) is 4.91 Å². The molecular formula is C21H21N3O9. The molecule has 12 heteroatoms. The Labute approximate surface area is 190 Å². The van der Waals surface area contributed by atoms with E-state index in [1.807, 2.05) is 0 Å². The topological polar surface area (TPSA) is 211 Å². The van der Waals surface area contributed by atoms with Crippen LogP contribution in [0.15, 0.2) is 40.4 Å². The van der Waals surface area contributed by atoms with E-state index in [1.165, 1.54) is 12.1 Å². The van der Waals surface area contributed by atoms with Gasteiger partial charge in [-0.25, -0.2) is 0 Å². The lowest BCUT2D eigenvalue weighted by molar-refractivity contribution is -0.170. The van der Waals surface area contributed by atoms with Gasteiger partial charge in [0.25, 0.3) is 5.91 Å². The number of aliphatic hydroxyl groups is 4. The molecule has 12 nitrogen and oxygen atoms in total. The van der Waals surface area contributed by atoms with Crippen molar-refractivity contribution in [1.82, 2.24) is 5.01 Å². The average Bonchev–Trinajstić information content (AvgIpc) is 2.82. The Bertz CT molecular complexity index is 1320. The Hall–Kier alpha value is -3.77. The van der Waals surface area contributed by atoms with Crippen LogP contribution in [0, 0.1) is 16.7 Å². The summed E-state index contributed by atoms with van der Waals surface area (Å²) in [5, 5.41) is 57.8. The van der Waals surface area contributed by atoms with E-state index in [1.54, 1.807) is 0 Å².